The summed E-state index contributed by atoms with van der Waals surface area (Å²) in [6.45, 7) is 2.94. The SMILES string of the molecule is CCCOCCC(N)c1ccc(F)c(F)c1F. The van der Waals surface area contributed by atoms with Gasteiger partial charge in [0, 0.05) is 24.8 Å². The summed E-state index contributed by atoms with van der Waals surface area (Å²) in [7, 11) is 0. The lowest BCUT2D eigenvalue weighted by molar-refractivity contribution is 0.127. The summed E-state index contributed by atoms with van der Waals surface area (Å²) in [6.07, 6.45) is 1.25. The zero-order valence-corrected chi connectivity index (χ0v) is 9.68. The minimum absolute atomic E-state index is 0.0241. The lowest BCUT2D eigenvalue weighted by Gasteiger charge is -2.13. The molecule has 2 N–H and O–H groups in total. The Balaban J connectivity index is 2.63. The van der Waals surface area contributed by atoms with Gasteiger partial charge < -0.3 is 10.5 Å². The Kier molecular flexibility index (Phi) is 5.44. The van der Waals surface area contributed by atoms with Gasteiger partial charge in [0.25, 0.3) is 0 Å². The van der Waals surface area contributed by atoms with E-state index in [9.17, 15) is 13.2 Å². The van der Waals surface area contributed by atoms with Gasteiger partial charge in [0.15, 0.2) is 17.5 Å². The van der Waals surface area contributed by atoms with Crippen molar-refractivity contribution in [3.05, 3.63) is 35.1 Å². The quantitative estimate of drug-likeness (QED) is 0.619. The van der Waals surface area contributed by atoms with Crippen LogP contribution in [0.1, 0.15) is 31.4 Å². The number of benzene rings is 1. The maximum Gasteiger partial charge on any atom is 0.194 e. The maximum absolute atomic E-state index is 13.4. The molecule has 0 aromatic heterocycles. The van der Waals surface area contributed by atoms with Crippen molar-refractivity contribution in [3.63, 3.8) is 0 Å². The highest BCUT2D eigenvalue weighted by molar-refractivity contribution is 5.23. The molecule has 1 atom stereocenters. The van der Waals surface area contributed by atoms with Gasteiger partial charge in [-0.15, -0.1) is 0 Å². The van der Waals surface area contributed by atoms with Crippen molar-refractivity contribution in [1.82, 2.24) is 0 Å². The van der Waals surface area contributed by atoms with E-state index in [4.69, 9.17) is 10.5 Å². The maximum atomic E-state index is 13.4. The van der Waals surface area contributed by atoms with Crippen LogP contribution in [0.5, 0.6) is 0 Å². The van der Waals surface area contributed by atoms with Crippen molar-refractivity contribution in [1.29, 1.82) is 0 Å². The Morgan fingerprint density at radius 1 is 1.18 bits per heavy atom. The molecule has 0 aliphatic carbocycles. The van der Waals surface area contributed by atoms with Crippen LogP contribution >= 0.6 is 0 Å². The van der Waals surface area contributed by atoms with Gasteiger partial charge in [-0.3, -0.25) is 0 Å². The molecule has 2 nitrogen and oxygen atoms in total. The molecule has 0 spiro atoms. The molecule has 5 heteroatoms. The molecule has 0 amide bonds. The second-order valence-electron chi connectivity index (χ2n) is 3.77. The summed E-state index contributed by atoms with van der Waals surface area (Å²) in [5.74, 6) is -3.90. The number of nitrogens with two attached hydrogens (primary N) is 1. The summed E-state index contributed by atoms with van der Waals surface area (Å²) in [6, 6.07) is 1.35. The Bertz CT molecular complexity index is 371. The van der Waals surface area contributed by atoms with E-state index < -0.39 is 23.5 Å². The highest BCUT2D eigenvalue weighted by Gasteiger charge is 2.17. The van der Waals surface area contributed by atoms with Crippen LogP contribution < -0.4 is 5.73 Å². The van der Waals surface area contributed by atoms with Gasteiger partial charge in [0.05, 0.1) is 0 Å². The normalized spacial score (nSPS) is 12.8. The van der Waals surface area contributed by atoms with E-state index in [1.165, 1.54) is 0 Å². The second-order valence-corrected chi connectivity index (χ2v) is 3.77. The Hall–Kier alpha value is -1.07. The van der Waals surface area contributed by atoms with Crippen LogP contribution in [0.3, 0.4) is 0 Å². The summed E-state index contributed by atoms with van der Waals surface area (Å²) < 4.78 is 44.2. The van der Waals surface area contributed by atoms with Crippen LogP contribution in [-0.2, 0) is 4.74 Å². The van der Waals surface area contributed by atoms with Crippen LogP contribution in [-0.4, -0.2) is 13.2 Å². The number of ether oxygens (including phenoxy) is 1. The van der Waals surface area contributed by atoms with Crippen molar-refractivity contribution in [2.45, 2.75) is 25.8 Å². The number of hydrogen-bond acceptors (Lipinski definition) is 2. The van der Waals surface area contributed by atoms with Crippen LogP contribution in [0.2, 0.25) is 0 Å². The first kappa shape index (κ1) is 14.0. The van der Waals surface area contributed by atoms with Gasteiger partial charge >= 0.3 is 0 Å². The first-order valence-corrected chi connectivity index (χ1v) is 5.54. The molecule has 0 saturated heterocycles. The monoisotopic (exact) mass is 247 g/mol. The first-order valence-electron chi connectivity index (χ1n) is 5.54. The number of rotatable bonds is 6. The number of hydrogen-bond donors (Lipinski definition) is 1. The molecule has 1 rings (SSSR count). The molecular weight excluding hydrogens is 231 g/mol. The average molecular weight is 247 g/mol. The Labute approximate surface area is 98.6 Å². The average Bonchev–Trinajstić information content (AvgIpc) is 2.31. The first-order chi connectivity index (χ1) is 8.07. The molecule has 0 aliphatic rings. The standard InChI is InChI=1S/C12H16F3NO/c1-2-6-17-7-5-10(16)8-3-4-9(13)12(15)11(8)14/h3-4,10H,2,5-7,16H2,1H3. The third-order valence-electron chi connectivity index (χ3n) is 2.39. The summed E-state index contributed by atoms with van der Waals surface area (Å²) in [5.41, 5.74) is 5.66. The molecule has 17 heavy (non-hydrogen) atoms. The van der Waals surface area contributed by atoms with Crippen molar-refractivity contribution in [2.75, 3.05) is 13.2 Å². The predicted molar refractivity (Wildman–Crippen MR) is 59.0 cm³/mol. The summed E-state index contributed by atoms with van der Waals surface area (Å²) >= 11 is 0. The molecule has 0 saturated carbocycles. The van der Waals surface area contributed by atoms with Crippen LogP contribution in [0, 0.1) is 17.5 Å². The molecule has 0 fully saturated rings. The molecule has 0 bridgehead atoms. The van der Waals surface area contributed by atoms with Crippen molar-refractivity contribution < 1.29 is 17.9 Å². The number of halogens is 3. The predicted octanol–water partition coefficient (Wildman–Crippen LogP) is 2.92. The van der Waals surface area contributed by atoms with Gasteiger partial charge in [-0.25, -0.2) is 13.2 Å². The fourth-order valence-corrected chi connectivity index (χ4v) is 1.44. The van der Waals surface area contributed by atoms with Gasteiger partial charge in [-0.05, 0) is 18.9 Å². The second kappa shape index (κ2) is 6.61. The highest BCUT2D eigenvalue weighted by atomic mass is 19.2. The molecule has 0 heterocycles. The smallest absolute Gasteiger partial charge is 0.194 e. The van der Waals surface area contributed by atoms with Crippen molar-refractivity contribution in [3.8, 4) is 0 Å². The van der Waals surface area contributed by atoms with Crippen LogP contribution in [0.15, 0.2) is 12.1 Å². The minimum Gasteiger partial charge on any atom is -0.381 e. The molecule has 0 aliphatic heterocycles. The van der Waals surface area contributed by atoms with Crippen molar-refractivity contribution >= 4 is 0 Å². The molecule has 0 radical (unpaired) electrons. The summed E-state index contributed by atoms with van der Waals surface area (Å²) in [4.78, 5) is 0. The molecule has 1 unspecified atom stereocenters. The lowest BCUT2D eigenvalue weighted by Crippen LogP contribution is -2.16. The van der Waals surface area contributed by atoms with Crippen LogP contribution in [0.4, 0.5) is 13.2 Å². The molecular formula is C12H16F3NO. The third-order valence-corrected chi connectivity index (χ3v) is 2.39. The molecule has 1 aromatic carbocycles. The van der Waals surface area contributed by atoms with Crippen LogP contribution in [0.25, 0.3) is 0 Å². The van der Waals surface area contributed by atoms with Gasteiger partial charge in [-0.1, -0.05) is 13.0 Å². The zero-order valence-electron chi connectivity index (χ0n) is 9.68. The zero-order chi connectivity index (χ0) is 12.8. The van der Waals surface area contributed by atoms with Crippen molar-refractivity contribution in [2.24, 2.45) is 5.73 Å². The van der Waals surface area contributed by atoms with E-state index in [1.54, 1.807) is 0 Å². The Morgan fingerprint density at radius 2 is 1.88 bits per heavy atom. The lowest BCUT2D eigenvalue weighted by atomic mass is 10.0. The highest BCUT2D eigenvalue weighted by Crippen LogP contribution is 2.21. The Morgan fingerprint density at radius 3 is 2.53 bits per heavy atom. The topological polar surface area (TPSA) is 35.2 Å². The summed E-state index contributed by atoms with van der Waals surface area (Å²) in [5, 5.41) is 0. The van der Waals surface area contributed by atoms with E-state index in [2.05, 4.69) is 0 Å². The fourth-order valence-electron chi connectivity index (χ4n) is 1.44. The van der Waals surface area contributed by atoms with E-state index in [1.807, 2.05) is 6.92 Å². The third kappa shape index (κ3) is 3.71. The van der Waals surface area contributed by atoms with Gasteiger partial charge in [0.2, 0.25) is 0 Å². The minimum atomic E-state index is -1.48. The van der Waals surface area contributed by atoms with E-state index in [0.29, 0.717) is 19.6 Å². The van der Waals surface area contributed by atoms with Gasteiger partial charge in [-0.2, -0.15) is 0 Å². The van der Waals surface area contributed by atoms with Gasteiger partial charge in [0.1, 0.15) is 0 Å². The van der Waals surface area contributed by atoms with E-state index in [0.717, 1.165) is 18.6 Å². The molecule has 1 aromatic rings. The van der Waals surface area contributed by atoms with E-state index in [-0.39, 0.29) is 5.56 Å². The largest absolute Gasteiger partial charge is 0.381 e. The fraction of sp³-hybridized carbons (Fsp3) is 0.500. The van der Waals surface area contributed by atoms with E-state index >= 15 is 0 Å². The molecule has 96 valence electrons.